The Bertz CT molecular complexity index is 852. The van der Waals surface area contributed by atoms with Crippen molar-refractivity contribution in [1.82, 2.24) is 0 Å². The molecule has 0 amide bonds. The van der Waals surface area contributed by atoms with E-state index in [1.165, 1.54) is 27.8 Å². The summed E-state index contributed by atoms with van der Waals surface area (Å²) in [6.45, 7) is 4.26. The summed E-state index contributed by atoms with van der Waals surface area (Å²) in [7, 11) is 0. The summed E-state index contributed by atoms with van der Waals surface area (Å²) in [5, 5.41) is 8.88. The van der Waals surface area contributed by atoms with Crippen molar-refractivity contribution in [2.45, 2.75) is 13.8 Å². The highest BCUT2D eigenvalue weighted by Crippen LogP contribution is 2.29. The fourth-order valence-corrected chi connectivity index (χ4v) is 2.72. The Hall–Kier alpha value is -2.85. The molecule has 0 aromatic heterocycles. The lowest BCUT2D eigenvalue weighted by atomic mass is 9.95. The van der Waals surface area contributed by atoms with Crippen LogP contribution in [-0.4, -0.2) is 0 Å². The molecule has 3 aromatic carbocycles. The third-order valence-electron chi connectivity index (χ3n) is 3.90. The third kappa shape index (κ3) is 2.77. The topological polar surface area (TPSA) is 23.8 Å². The van der Waals surface area contributed by atoms with Gasteiger partial charge in [0.1, 0.15) is 0 Å². The molecular weight excluding hydrogens is 266 g/mol. The summed E-state index contributed by atoms with van der Waals surface area (Å²) in [6.07, 6.45) is 0. The number of nitriles is 1. The van der Waals surface area contributed by atoms with Crippen LogP contribution in [0.2, 0.25) is 0 Å². The Morgan fingerprint density at radius 1 is 0.727 bits per heavy atom. The molecule has 0 fully saturated rings. The Morgan fingerprint density at radius 3 is 2.09 bits per heavy atom. The second-order valence-corrected chi connectivity index (χ2v) is 5.59. The minimum atomic E-state index is 0.692. The molecule has 0 unspecified atom stereocenters. The van der Waals surface area contributed by atoms with Crippen molar-refractivity contribution in [3.8, 4) is 28.3 Å². The normalized spacial score (nSPS) is 10.2. The van der Waals surface area contributed by atoms with Crippen molar-refractivity contribution in [2.24, 2.45) is 0 Å². The van der Waals surface area contributed by atoms with Crippen LogP contribution in [0.5, 0.6) is 0 Å². The number of benzene rings is 3. The van der Waals surface area contributed by atoms with Crippen LogP contribution >= 0.6 is 0 Å². The zero-order chi connectivity index (χ0) is 15.5. The lowest BCUT2D eigenvalue weighted by Crippen LogP contribution is -1.86. The molecular formula is C21H17N. The minimum absolute atomic E-state index is 0.692. The molecule has 0 saturated heterocycles. The predicted molar refractivity (Wildman–Crippen MR) is 91.5 cm³/mol. The van der Waals surface area contributed by atoms with E-state index >= 15 is 0 Å². The summed E-state index contributed by atoms with van der Waals surface area (Å²) >= 11 is 0. The van der Waals surface area contributed by atoms with Gasteiger partial charge in [-0.05, 0) is 53.8 Å². The van der Waals surface area contributed by atoms with Gasteiger partial charge < -0.3 is 0 Å². The highest BCUT2D eigenvalue weighted by Gasteiger charge is 2.05. The molecule has 1 heteroatoms. The lowest BCUT2D eigenvalue weighted by Gasteiger charge is -2.10. The highest BCUT2D eigenvalue weighted by atomic mass is 14.2. The standard InChI is InChI=1S/C21H17N/c1-15-4-3-5-20(12-15)21-11-10-19(13-16(21)2)18-8-6-17(14-22)7-9-18/h3-13H,1-2H3. The molecule has 0 heterocycles. The van der Waals surface area contributed by atoms with Gasteiger partial charge in [0.2, 0.25) is 0 Å². The average Bonchev–Trinajstić information content (AvgIpc) is 2.55. The first-order valence-electron chi connectivity index (χ1n) is 7.35. The van der Waals surface area contributed by atoms with Crippen molar-refractivity contribution >= 4 is 0 Å². The second-order valence-electron chi connectivity index (χ2n) is 5.59. The van der Waals surface area contributed by atoms with E-state index < -0.39 is 0 Å². The van der Waals surface area contributed by atoms with Gasteiger partial charge in [-0.15, -0.1) is 0 Å². The number of aryl methyl sites for hydroxylation is 2. The van der Waals surface area contributed by atoms with Gasteiger partial charge in [-0.2, -0.15) is 5.26 Å². The van der Waals surface area contributed by atoms with Gasteiger partial charge >= 0.3 is 0 Å². The van der Waals surface area contributed by atoms with Crippen LogP contribution in [0.25, 0.3) is 22.3 Å². The molecule has 1 nitrogen and oxygen atoms in total. The van der Waals surface area contributed by atoms with Gasteiger partial charge in [0, 0.05) is 0 Å². The molecule has 0 atom stereocenters. The van der Waals surface area contributed by atoms with E-state index in [1.54, 1.807) is 0 Å². The van der Waals surface area contributed by atoms with Crippen LogP contribution in [0.15, 0.2) is 66.7 Å². The number of hydrogen-bond acceptors (Lipinski definition) is 1. The maximum Gasteiger partial charge on any atom is 0.0991 e. The second kappa shape index (κ2) is 5.87. The van der Waals surface area contributed by atoms with E-state index in [0.717, 1.165) is 5.56 Å². The first-order chi connectivity index (χ1) is 10.7. The quantitative estimate of drug-likeness (QED) is 0.608. The highest BCUT2D eigenvalue weighted by molar-refractivity contribution is 5.74. The number of hydrogen-bond donors (Lipinski definition) is 0. The monoisotopic (exact) mass is 283 g/mol. The molecule has 0 aliphatic rings. The third-order valence-corrected chi connectivity index (χ3v) is 3.90. The fourth-order valence-electron chi connectivity index (χ4n) is 2.72. The lowest BCUT2D eigenvalue weighted by molar-refractivity contribution is 1.42. The minimum Gasteiger partial charge on any atom is -0.192 e. The Kier molecular flexibility index (Phi) is 3.76. The van der Waals surface area contributed by atoms with Crippen molar-refractivity contribution in [3.05, 3.63) is 83.4 Å². The molecule has 3 rings (SSSR count). The van der Waals surface area contributed by atoms with Crippen LogP contribution in [0.4, 0.5) is 0 Å². The molecule has 0 aliphatic heterocycles. The summed E-state index contributed by atoms with van der Waals surface area (Å²) < 4.78 is 0. The van der Waals surface area contributed by atoms with Gasteiger partial charge in [0.05, 0.1) is 11.6 Å². The van der Waals surface area contributed by atoms with E-state index in [9.17, 15) is 0 Å². The number of rotatable bonds is 2. The number of nitrogens with zero attached hydrogens (tertiary/aromatic N) is 1. The van der Waals surface area contributed by atoms with E-state index in [4.69, 9.17) is 5.26 Å². The maximum atomic E-state index is 8.88. The average molecular weight is 283 g/mol. The van der Waals surface area contributed by atoms with E-state index in [0.29, 0.717) is 5.56 Å². The maximum absolute atomic E-state index is 8.88. The van der Waals surface area contributed by atoms with Crippen LogP contribution in [0, 0.1) is 25.2 Å². The Balaban J connectivity index is 2.00. The fraction of sp³-hybridized carbons (Fsp3) is 0.0952. The van der Waals surface area contributed by atoms with Gasteiger partial charge in [-0.25, -0.2) is 0 Å². The van der Waals surface area contributed by atoms with Crippen LogP contribution in [-0.2, 0) is 0 Å². The zero-order valence-electron chi connectivity index (χ0n) is 12.8. The Morgan fingerprint density at radius 2 is 1.45 bits per heavy atom. The summed E-state index contributed by atoms with van der Waals surface area (Å²) in [6, 6.07) is 25.0. The molecule has 0 spiro atoms. The smallest absolute Gasteiger partial charge is 0.0991 e. The summed E-state index contributed by atoms with van der Waals surface area (Å²) in [4.78, 5) is 0. The van der Waals surface area contributed by atoms with Crippen molar-refractivity contribution in [1.29, 1.82) is 5.26 Å². The molecule has 3 aromatic rings. The first-order valence-corrected chi connectivity index (χ1v) is 7.35. The van der Waals surface area contributed by atoms with E-state index in [1.807, 2.05) is 24.3 Å². The summed E-state index contributed by atoms with van der Waals surface area (Å²) in [5.41, 5.74) is 8.05. The van der Waals surface area contributed by atoms with E-state index in [2.05, 4.69) is 62.4 Å². The molecule has 0 N–H and O–H groups in total. The van der Waals surface area contributed by atoms with Crippen molar-refractivity contribution in [3.63, 3.8) is 0 Å². The predicted octanol–water partition coefficient (Wildman–Crippen LogP) is 5.51. The van der Waals surface area contributed by atoms with Crippen LogP contribution < -0.4 is 0 Å². The molecule has 0 bridgehead atoms. The molecule has 106 valence electrons. The van der Waals surface area contributed by atoms with Gasteiger partial charge in [-0.3, -0.25) is 0 Å². The Labute approximate surface area is 131 Å². The van der Waals surface area contributed by atoms with Gasteiger partial charge in [-0.1, -0.05) is 60.2 Å². The van der Waals surface area contributed by atoms with Crippen LogP contribution in [0.3, 0.4) is 0 Å². The molecule has 0 saturated carbocycles. The van der Waals surface area contributed by atoms with Crippen LogP contribution in [0.1, 0.15) is 16.7 Å². The van der Waals surface area contributed by atoms with E-state index in [-0.39, 0.29) is 0 Å². The summed E-state index contributed by atoms with van der Waals surface area (Å²) in [5.74, 6) is 0. The largest absolute Gasteiger partial charge is 0.192 e. The first kappa shape index (κ1) is 14.1. The molecule has 0 radical (unpaired) electrons. The molecule has 22 heavy (non-hydrogen) atoms. The SMILES string of the molecule is Cc1cccc(-c2ccc(-c3ccc(C#N)cc3)cc2C)c1. The molecule has 0 aliphatic carbocycles. The zero-order valence-corrected chi connectivity index (χ0v) is 12.8. The van der Waals surface area contributed by atoms with Gasteiger partial charge in [0.25, 0.3) is 0 Å². The van der Waals surface area contributed by atoms with Crippen molar-refractivity contribution in [2.75, 3.05) is 0 Å². The van der Waals surface area contributed by atoms with Gasteiger partial charge in [0.15, 0.2) is 0 Å². The van der Waals surface area contributed by atoms with Crippen molar-refractivity contribution < 1.29 is 0 Å².